The highest BCUT2D eigenvalue weighted by Crippen LogP contribution is 2.22. The number of hydrogen-bond donors (Lipinski definition) is 0. The molecule has 0 atom stereocenters. The summed E-state index contributed by atoms with van der Waals surface area (Å²) in [5, 5.41) is 3.03. The Labute approximate surface area is 143 Å². The van der Waals surface area contributed by atoms with Gasteiger partial charge in [-0.15, -0.1) is 0 Å². The van der Waals surface area contributed by atoms with E-state index in [9.17, 15) is 9.59 Å². The van der Waals surface area contributed by atoms with Crippen molar-refractivity contribution in [2.45, 2.75) is 0 Å². The molecule has 2 amide bonds. The molecule has 0 radical (unpaired) electrons. The molecule has 0 unspecified atom stereocenters. The molecule has 0 bridgehead atoms. The average molecular weight is 331 g/mol. The summed E-state index contributed by atoms with van der Waals surface area (Å²) < 4.78 is 0. The second kappa shape index (κ2) is 7.25. The van der Waals surface area contributed by atoms with Gasteiger partial charge in [-0.05, 0) is 22.3 Å². The minimum Gasteiger partial charge on any atom is -0.291 e. The molecule has 25 heavy (non-hydrogen) atoms. The molecule has 0 aromatic heterocycles. The molecule has 1 heterocycles. The van der Waals surface area contributed by atoms with Crippen LogP contribution in [0.2, 0.25) is 0 Å². The molecular formula is C18H13N5O2. The fraction of sp³-hybridized carbons (Fsp3) is 0.0556. The van der Waals surface area contributed by atoms with Crippen LogP contribution in [0.15, 0.2) is 76.5 Å². The maximum Gasteiger partial charge on any atom is 0.278 e. The number of benzene rings is 2. The number of carbonyl (C=O) groups is 2. The van der Waals surface area contributed by atoms with Gasteiger partial charge in [-0.1, -0.05) is 60.7 Å². The monoisotopic (exact) mass is 331 g/mol. The smallest absolute Gasteiger partial charge is 0.278 e. The molecule has 0 fully saturated rings. The first-order valence-electron chi connectivity index (χ1n) is 7.49. The zero-order valence-electron chi connectivity index (χ0n) is 13.1. The van der Waals surface area contributed by atoms with Crippen molar-refractivity contribution in [1.29, 1.82) is 0 Å². The third-order valence-electron chi connectivity index (χ3n) is 3.53. The van der Waals surface area contributed by atoms with Crippen molar-refractivity contribution in [1.82, 2.24) is 4.90 Å². The standard InChI is InChI=1S/C18H13N5O2/c19-22-21-16(24)12-23-17(14-9-5-2-6-10-14)20-15(18(23)25)11-13-7-3-1-4-8-13/h1-11H,12H2/b15-11-. The highest BCUT2D eigenvalue weighted by molar-refractivity contribution is 6.20. The van der Waals surface area contributed by atoms with Crippen LogP contribution >= 0.6 is 0 Å². The summed E-state index contributed by atoms with van der Waals surface area (Å²) in [6, 6.07) is 18.4. The number of aliphatic imine (C=N–C) groups is 1. The third kappa shape index (κ3) is 3.63. The minimum absolute atomic E-state index is 0.221. The van der Waals surface area contributed by atoms with Gasteiger partial charge in [0.15, 0.2) is 0 Å². The van der Waals surface area contributed by atoms with Gasteiger partial charge in [0.1, 0.15) is 11.5 Å². The molecule has 0 N–H and O–H groups in total. The predicted molar refractivity (Wildman–Crippen MR) is 93.3 cm³/mol. The second-order valence-electron chi connectivity index (χ2n) is 5.22. The highest BCUT2D eigenvalue weighted by atomic mass is 16.2. The summed E-state index contributed by atoms with van der Waals surface area (Å²) in [6.07, 6.45) is 1.66. The van der Waals surface area contributed by atoms with Crippen LogP contribution in [0.4, 0.5) is 0 Å². The van der Waals surface area contributed by atoms with E-state index in [1.165, 1.54) is 4.90 Å². The Kier molecular flexibility index (Phi) is 4.69. The summed E-state index contributed by atoms with van der Waals surface area (Å²) >= 11 is 0. The number of azide groups is 1. The van der Waals surface area contributed by atoms with E-state index >= 15 is 0 Å². The van der Waals surface area contributed by atoms with Gasteiger partial charge in [-0.3, -0.25) is 14.5 Å². The van der Waals surface area contributed by atoms with Crippen molar-refractivity contribution in [2.24, 2.45) is 10.1 Å². The zero-order valence-corrected chi connectivity index (χ0v) is 13.1. The van der Waals surface area contributed by atoms with Gasteiger partial charge in [0.25, 0.3) is 5.91 Å². The first-order valence-corrected chi connectivity index (χ1v) is 7.49. The van der Waals surface area contributed by atoms with Gasteiger partial charge < -0.3 is 0 Å². The Hall–Kier alpha value is -3.70. The molecule has 2 aromatic carbocycles. The van der Waals surface area contributed by atoms with Crippen molar-refractivity contribution < 1.29 is 9.59 Å². The summed E-state index contributed by atoms with van der Waals surface area (Å²) in [7, 11) is 0. The van der Waals surface area contributed by atoms with Gasteiger partial charge in [-0.25, -0.2) is 4.99 Å². The molecule has 0 aliphatic carbocycles. The number of hydrogen-bond acceptors (Lipinski definition) is 3. The van der Waals surface area contributed by atoms with Crippen LogP contribution in [-0.2, 0) is 9.59 Å². The van der Waals surface area contributed by atoms with Crippen LogP contribution < -0.4 is 0 Å². The van der Waals surface area contributed by atoms with Crippen LogP contribution in [0.3, 0.4) is 0 Å². The quantitative estimate of drug-likeness (QED) is 0.372. The lowest BCUT2D eigenvalue weighted by Gasteiger charge is -2.16. The molecule has 3 rings (SSSR count). The number of carbonyl (C=O) groups excluding carboxylic acids is 2. The Morgan fingerprint density at radius 1 is 1.12 bits per heavy atom. The molecule has 7 heteroatoms. The molecule has 0 saturated heterocycles. The van der Waals surface area contributed by atoms with Crippen LogP contribution in [0.5, 0.6) is 0 Å². The van der Waals surface area contributed by atoms with Gasteiger partial charge in [-0.2, -0.15) is 0 Å². The minimum atomic E-state index is -0.750. The fourth-order valence-electron chi connectivity index (χ4n) is 2.43. The van der Waals surface area contributed by atoms with Crippen LogP contribution in [0.1, 0.15) is 11.1 Å². The molecule has 1 aliphatic heterocycles. The van der Waals surface area contributed by atoms with Crippen molar-refractivity contribution in [3.05, 3.63) is 87.9 Å². The van der Waals surface area contributed by atoms with E-state index in [4.69, 9.17) is 5.53 Å². The van der Waals surface area contributed by atoms with E-state index < -0.39 is 11.8 Å². The van der Waals surface area contributed by atoms with E-state index in [0.717, 1.165) is 5.56 Å². The Morgan fingerprint density at radius 3 is 2.40 bits per heavy atom. The van der Waals surface area contributed by atoms with Crippen molar-refractivity contribution in [3.63, 3.8) is 0 Å². The SMILES string of the molecule is [N-]=[N+]=NC(=O)CN1C(=O)/C(=C/c2ccccc2)N=C1c1ccccc1. The molecule has 2 aromatic rings. The number of amidine groups is 1. The Balaban J connectivity index is 2.01. The largest absolute Gasteiger partial charge is 0.291 e. The molecular weight excluding hydrogens is 318 g/mol. The average Bonchev–Trinajstić information content (AvgIpc) is 2.93. The first-order chi connectivity index (χ1) is 12.2. The van der Waals surface area contributed by atoms with Crippen molar-refractivity contribution in [3.8, 4) is 0 Å². The van der Waals surface area contributed by atoms with E-state index in [1.54, 1.807) is 18.2 Å². The number of amides is 2. The van der Waals surface area contributed by atoms with E-state index in [-0.39, 0.29) is 12.2 Å². The van der Waals surface area contributed by atoms with Gasteiger partial charge in [0, 0.05) is 10.5 Å². The van der Waals surface area contributed by atoms with E-state index in [2.05, 4.69) is 15.0 Å². The molecule has 122 valence electrons. The lowest BCUT2D eigenvalue weighted by molar-refractivity contribution is -0.127. The lowest BCUT2D eigenvalue weighted by Crippen LogP contribution is -2.36. The summed E-state index contributed by atoms with van der Waals surface area (Å²) in [5.41, 5.74) is 10.1. The third-order valence-corrected chi connectivity index (χ3v) is 3.53. The maximum atomic E-state index is 12.7. The number of nitrogens with zero attached hydrogens (tertiary/aromatic N) is 5. The van der Waals surface area contributed by atoms with Gasteiger partial charge in [0.2, 0.25) is 5.91 Å². The van der Waals surface area contributed by atoms with Crippen molar-refractivity contribution in [2.75, 3.05) is 6.54 Å². The first kappa shape index (κ1) is 16.2. The van der Waals surface area contributed by atoms with Crippen LogP contribution in [0, 0.1) is 0 Å². The van der Waals surface area contributed by atoms with Crippen LogP contribution in [0.25, 0.3) is 16.5 Å². The topological polar surface area (TPSA) is 98.5 Å². The lowest BCUT2D eigenvalue weighted by atomic mass is 10.2. The summed E-state index contributed by atoms with van der Waals surface area (Å²) in [6.45, 7) is -0.358. The Morgan fingerprint density at radius 2 is 1.76 bits per heavy atom. The van der Waals surface area contributed by atoms with Gasteiger partial charge >= 0.3 is 0 Å². The second-order valence-corrected chi connectivity index (χ2v) is 5.22. The molecule has 1 aliphatic rings. The fourth-order valence-corrected chi connectivity index (χ4v) is 2.43. The maximum absolute atomic E-state index is 12.7. The summed E-state index contributed by atoms with van der Waals surface area (Å²) in [5.74, 6) is -0.807. The zero-order chi connectivity index (χ0) is 17.6. The summed E-state index contributed by atoms with van der Waals surface area (Å²) in [4.78, 5) is 32.5. The highest BCUT2D eigenvalue weighted by Gasteiger charge is 2.32. The molecule has 0 spiro atoms. The van der Waals surface area contributed by atoms with E-state index in [0.29, 0.717) is 11.4 Å². The number of rotatable bonds is 4. The van der Waals surface area contributed by atoms with Crippen molar-refractivity contribution >= 4 is 23.7 Å². The molecule has 7 nitrogen and oxygen atoms in total. The molecule has 0 saturated carbocycles. The van der Waals surface area contributed by atoms with Crippen LogP contribution in [-0.4, -0.2) is 29.1 Å². The van der Waals surface area contributed by atoms with Gasteiger partial charge in [0.05, 0.1) is 6.54 Å². The van der Waals surface area contributed by atoms with E-state index in [1.807, 2.05) is 48.5 Å². The Bertz CT molecular complexity index is 913. The predicted octanol–water partition coefficient (Wildman–Crippen LogP) is 3.15. The normalized spacial score (nSPS) is 15.0.